The zero-order chi connectivity index (χ0) is 18.4. The van der Waals surface area contributed by atoms with Crippen molar-refractivity contribution in [1.82, 2.24) is 19.9 Å². The van der Waals surface area contributed by atoms with Gasteiger partial charge in [0.1, 0.15) is 16.5 Å². The third kappa shape index (κ3) is 4.67. The molecule has 2 heterocycles. The van der Waals surface area contributed by atoms with Crippen LogP contribution in [0.25, 0.3) is 0 Å². The highest BCUT2D eigenvalue weighted by molar-refractivity contribution is 7.89. The lowest BCUT2D eigenvalue weighted by Crippen LogP contribution is -2.34. The standard InChI is InChI=1S/C14H20N6O4S/c1-4-20(5-2)25(22,23)11-6-7-12(15-9-11)17-18-14(21)16-13-8-10(3)24-19-13/h6-9H,4-5H2,1-3H3,(H,15,17)(H2,16,18,19,21). The van der Waals surface area contributed by atoms with Crippen molar-refractivity contribution in [2.24, 2.45) is 0 Å². The number of pyridine rings is 1. The van der Waals surface area contributed by atoms with Crippen LogP contribution in [0.3, 0.4) is 0 Å². The first kappa shape index (κ1) is 18.7. The topological polar surface area (TPSA) is 129 Å². The van der Waals surface area contributed by atoms with E-state index in [2.05, 4.69) is 26.3 Å². The van der Waals surface area contributed by atoms with Gasteiger partial charge in [-0.2, -0.15) is 4.31 Å². The SMILES string of the molecule is CCN(CC)S(=O)(=O)c1ccc(NNC(=O)Nc2cc(C)on2)nc1. The smallest absolute Gasteiger partial charge is 0.339 e. The van der Waals surface area contributed by atoms with Gasteiger partial charge in [-0.05, 0) is 19.1 Å². The van der Waals surface area contributed by atoms with Gasteiger partial charge >= 0.3 is 6.03 Å². The van der Waals surface area contributed by atoms with Crippen LogP contribution in [0.4, 0.5) is 16.4 Å². The molecule has 0 aliphatic carbocycles. The van der Waals surface area contributed by atoms with E-state index in [1.165, 1.54) is 22.6 Å². The number of nitrogens with zero attached hydrogens (tertiary/aromatic N) is 3. The summed E-state index contributed by atoms with van der Waals surface area (Å²) in [5.41, 5.74) is 4.92. The summed E-state index contributed by atoms with van der Waals surface area (Å²) in [5, 5.41) is 6.07. The molecule has 0 aliphatic heterocycles. The fourth-order valence-electron chi connectivity index (χ4n) is 2.01. The number of aromatic nitrogens is 2. The van der Waals surface area contributed by atoms with Gasteiger partial charge in [-0.25, -0.2) is 23.6 Å². The molecular formula is C14H20N6O4S. The molecule has 0 aliphatic rings. The van der Waals surface area contributed by atoms with Crippen LogP contribution in [0, 0.1) is 6.92 Å². The van der Waals surface area contributed by atoms with Crippen LogP contribution in [0.2, 0.25) is 0 Å². The molecule has 0 radical (unpaired) electrons. The summed E-state index contributed by atoms with van der Waals surface area (Å²) in [6, 6.07) is 3.86. The molecule has 2 aromatic rings. The molecule has 0 saturated heterocycles. The number of anilines is 2. The number of aryl methyl sites for hydroxylation is 1. The molecule has 0 saturated carbocycles. The van der Waals surface area contributed by atoms with E-state index in [0.29, 0.717) is 18.8 Å². The molecule has 136 valence electrons. The lowest BCUT2D eigenvalue weighted by Gasteiger charge is -2.18. The number of hydrogen-bond donors (Lipinski definition) is 3. The largest absolute Gasteiger partial charge is 0.360 e. The van der Waals surface area contributed by atoms with Gasteiger partial charge < -0.3 is 4.52 Å². The molecule has 0 spiro atoms. The molecule has 0 atom stereocenters. The number of rotatable bonds is 7. The first-order valence-electron chi connectivity index (χ1n) is 7.59. The van der Waals surface area contributed by atoms with Crippen molar-refractivity contribution in [3.05, 3.63) is 30.2 Å². The van der Waals surface area contributed by atoms with Crippen molar-refractivity contribution in [1.29, 1.82) is 0 Å². The van der Waals surface area contributed by atoms with Crippen LogP contribution in [-0.2, 0) is 10.0 Å². The maximum atomic E-state index is 12.3. The van der Waals surface area contributed by atoms with Crippen LogP contribution in [0.1, 0.15) is 19.6 Å². The molecule has 0 fully saturated rings. The Labute approximate surface area is 145 Å². The van der Waals surface area contributed by atoms with Crippen LogP contribution in [-0.4, -0.2) is 42.0 Å². The maximum Gasteiger partial charge on any atom is 0.339 e. The van der Waals surface area contributed by atoms with E-state index in [1.54, 1.807) is 26.8 Å². The van der Waals surface area contributed by atoms with Gasteiger partial charge in [-0.1, -0.05) is 19.0 Å². The summed E-state index contributed by atoms with van der Waals surface area (Å²) in [7, 11) is -3.56. The molecule has 0 unspecified atom stereocenters. The fourth-order valence-corrected chi connectivity index (χ4v) is 3.42. The highest BCUT2D eigenvalue weighted by Crippen LogP contribution is 2.15. The highest BCUT2D eigenvalue weighted by atomic mass is 32.2. The molecule has 0 aromatic carbocycles. The molecular weight excluding hydrogens is 348 g/mol. The van der Waals surface area contributed by atoms with E-state index >= 15 is 0 Å². The van der Waals surface area contributed by atoms with E-state index in [1.807, 2.05) is 0 Å². The number of carbonyl (C=O) groups excluding carboxylic acids is 1. The third-order valence-corrected chi connectivity index (χ3v) is 5.29. The predicted molar refractivity (Wildman–Crippen MR) is 91.4 cm³/mol. The minimum absolute atomic E-state index is 0.0873. The summed E-state index contributed by atoms with van der Waals surface area (Å²) < 4.78 is 30.9. The Bertz CT molecular complexity index is 814. The zero-order valence-electron chi connectivity index (χ0n) is 14.1. The Morgan fingerprint density at radius 3 is 2.48 bits per heavy atom. The summed E-state index contributed by atoms with van der Waals surface area (Å²) in [5.74, 6) is 1.12. The van der Waals surface area contributed by atoms with Crippen molar-refractivity contribution in [3.63, 3.8) is 0 Å². The van der Waals surface area contributed by atoms with Crippen LogP contribution < -0.4 is 16.2 Å². The zero-order valence-corrected chi connectivity index (χ0v) is 14.9. The molecule has 3 N–H and O–H groups in total. The summed E-state index contributed by atoms with van der Waals surface area (Å²) >= 11 is 0. The van der Waals surface area contributed by atoms with Gasteiger partial charge in [-0.15, -0.1) is 0 Å². The molecule has 2 amide bonds. The third-order valence-electron chi connectivity index (χ3n) is 3.25. The van der Waals surface area contributed by atoms with Gasteiger partial charge in [0.15, 0.2) is 5.82 Å². The van der Waals surface area contributed by atoms with Gasteiger partial charge in [0, 0.05) is 25.4 Å². The quantitative estimate of drug-likeness (QED) is 0.632. The number of urea groups is 1. The van der Waals surface area contributed by atoms with E-state index in [4.69, 9.17) is 4.52 Å². The van der Waals surface area contributed by atoms with Crippen LogP contribution >= 0.6 is 0 Å². The molecule has 11 heteroatoms. The van der Waals surface area contributed by atoms with E-state index in [-0.39, 0.29) is 16.5 Å². The normalized spacial score (nSPS) is 11.4. The summed E-state index contributed by atoms with van der Waals surface area (Å²) in [6.07, 6.45) is 1.23. The van der Waals surface area contributed by atoms with Crippen molar-refractivity contribution in [2.75, 3.05) is 23.8 Å². The van der Waals surface area contributed by atoms with Crippen molar-refractivity contribution < 1.29 is 17.7 Å². The Morgan fingerprint density at radius 1 is 1.24 bits per heavy atom. The second-order valence-corrected chi connectivity index (χ2v) is 6.93. The second-order valence-electron chi connectivity index (χ2n) is 5.00. The van der Waals surface area contributed by atoms with Crippen LogP contribution in [0.15, 0.2) is 33.8 Å². The monoisotopic (exact) mass is 368 g/mol. The Balaban J connectivity index is 1.95. The van der Waals surface area contributed by atoms with Crippen molar-refractivity contribution in [2.45, 2.75) is 25.7 Å². The maximum absolute atomic E-state index is 12.3. The minimum atomic E-state index is -3.56. The lowest BCUT2D eigenvalue weighted by molar-refractivity contribution is 0.253. The number of carbonyl (C=O) groups is 1. The number of nitrogens with one attached hydrogen (secondary N) is 3. The van der Waals surface area contributed by atoms with Crippen LogP contribution in [0.5, 0.6) is 0 Å². The molecule has 2 rings (SSSR count). The number of hydrogen-bond acceptors (Lipinski definition) is 7. The van der Waals surface area contributed by atoms with E-state index in [0.717, 1.165) is 0 Å². The van der Waals surface area contributed by atoms with E-state index in [9.17, 15) is 13.2 Å². The van der Waals surface area contributed by atoms with Gasteiger partial charge in [0.2, 0.25) is 10.0 Å². The van der Waals surface area contributed by atoms with E-state index < -0.39 is 16.1 Å². The fraction of sp³-hybridized carbons (Fsp3) is 0.357. The first-order chi connectivity index (χ1) is 11.9. The van der Waals surface area contributed by atoms with Crippen molar-refractivity contribution >= 4 is 27.7 Å². The molecule has 0 bridgehead atoms. The Hall–Kier alpha value is -2.66. The lowest BCUT2D eigenvalue weighted by atomic mass is 10.5. The predicted octanol–water partition coefficient (Wildman–Crippen LogP) is 1.56. The number of hydrazine groups is 1. The molecule has 25 heavy (non-hydrogen) atoms. The average molecular weight is 368 g/mol. The van der Waals surface area contributed by atoms with Gasteiger partial charge in [0.05, 0.1) is 0 Å². The Kier molecular flexibility index (Phi) is 5.93. The number of amides is 2. The first-order valence-corrected chi connectivity index (χ1v) is 9.03. The molecule has 2 aromatic heterocycles. The molecule has 10 nitrogen and oxygen atoms in total. The summed E-state index contributed by atoms with van der Waals surface area (Å²) in [4.78, 5) is 15.8. The minimum Gasteiger partial charge on any atom is -0.360 e. The highest BCUT2D eigenvalue weighted by Gasteiger charge is 2.21. The van der Waals surface area contributed by atoms with Gasteiger partial charge in [0.25, 0.3) is 0 Å². The summed E-state index contributed by atoms with van der Waals surface area (Å²) in [6.45, 7) is 5.99. The number of sulfonamides is 1. The average Bonchev–Trinajstić information content (AvgIpc) is 2.99. The Morgan fingerprint density at radius 2 is 1.96 bits per heavy atom. The van der Waals surface area contributed by atoms with Crippen molar-refractivity contribution in [3.8, 4) is 0 Å². The second kappa shape index (κ2) is 7.94. The van der Waals surface area contributed by atoms with Gasteiger partial charge in [-0.3, -0.25) is 10.7 Å².